The van der Waals surface area contributed by atoms with Crippen molar-refractivity contribution in [3.63, 3.8) is 0 Å². The van der Waals surface area contributed by atoms with Gasteiger partial charge in [0.05, 0.1) is 35.3 Å². The highest BCUT2D eigenvalue weighted by atomic mass is 16.6. The zero-order valence-corrected chi connectivity index (χ0v) is 19.9. The van der Waals surface area contributed by atoms with Gasteiger partial charge < -0.3 is 14.6 Å². The van der Waals surface area contributed by atoms with Crippen molar-refractivity contribution in [3.8, 4) is 5.75 Å². The molecule has 0 spiro atoms. The number of hydrogen-bond donors (Lipinski definition) is 1. The van der Waals surface area contributed by atoms with Crippen molar-refractivity contribution in [1.82, 2.24) is 0 Å². The largest absolute Gasteiger partial charge is 0.507 e. The van der Waals surface area contributed by atoms with Crippen LogP contribution in [0.25, 0.3) is 5.76 Å². The molecule has 0 aromatic heterocycles. The zero-order chi connectivity index (χ0) is 26.7. The molecule has 37 heavy (non-hydrogen) atoms. The maximum Gasteiger partial charge on any atom is 0.338 e. The Morgan fingerprint density at radius 3 is 2.22 bits per heavy atom. The number of aliphatic hydroxyl groups is 1. The van der Waals surface area contributed by atoms with E-state index >= 15 is 0 Å². The van der Waals surface area contributed by atoms with Gasteiger partial charge in [0.1, 0.15) is 17.6 Å². The van der Waals surface area contributed by atoms with Gasteiger partial charge in [0.15, 0.2) is 0 Å². The first-order chi connectivity index (χ1) is 17.8. The molecule has 1 fully saturated rings. The van der Waals surface area contributed by atoms with Crippen LogP contribution in [-0.2, 0) is 14.3 Å². The molecule has 1 atom stereocenters. The number of carbonyl (C=O) groups is 3. The van der Waals surface area contributed by atoms with Gasteiger partial charge in [0.2, 0.25) is 0 Å². The molecule has 0 radical (unpaired) electrons. The van der Waals surface area contributed by atoms with Crippen LogP contribution < -0.4 is 9.64 Å². The number of ketones is 1. The molecule has 3 aromatic rings. The lowest BCUT2D eigenvalue weighted by Gasteiger charge is -2.25. The van der Waals surface area contributed by atoms with Gasteiger partial charge in [-0.1, -0.05) is 12.1 Å². The first-order valence-corrected chi connectivity index (χ1v) is 11.2. The van der Waals surface area contributed by atoms with Gasteiger partial charge in [-0.25, -0.2) is 4.79 Å². The second-order valence-corrected chi connectivity index (χ2v) is 7.98. The maximum absolute atomic E-state index is 13.3. The summed E-state index contributed by atoms with van der Waals surface area (Å²) in [5.74, 6) is -2.54. The van der Waals surface area contributed by atoms with Crippen LogP contribution in [0.5, 0.6) is 5.75 Å². The third-order valence-corrected chi connectivity index (χ3v) is 5.89. The van der Waals surface area contributed by atoms with E-state index in [1.54, 1.807) is 25.1 Å². The SMILES string of the molecule is CCOC(=O)c1ccc(N2C(=O)C(=O)/C(=C(/O)c3ccc(OC)cc3)C2c2ccccc2[N+](=O)[O-])cc1. The summed E-state index contributed by atoms with van der Waals surface area (Å²) in [4.78, 5) is 50.9. The molecule has 1 amide bonds. The van der Waals surface area contributed by atoms with Crippen molar-refractivity contribution in [2.75, 3.05) is 18.6 Å². The summed E-state index contributed by atoms with van der Waals surface area (Å²) < 4.78 is 10.1. The van der Waals surface area contributed by atoms with Crippen LogP contribution in [0, 0.1) is 10.1 Å². The minimum absolute atomic E-state index is 0.0382. The number of nitro benzene ring substituents is 1. The van der Waals surface area contributed by atoms with Gasteiger partial charge in [0, 0.05) is 17.3 Å². The van der Waals surface area contributed by atoms with E-state index in [9.17, 15) is 29.6 Å². The molecule has 10 heteroatoms. The highest BCUT2D eigenvalue weighted by Crippen LogP contribution is 2.44. The van der Waals surface area contributed by atoms with Gasteiger partial charge in [-0.2, -0.15) is 0 Å². The predicted octanol–water partition coefficient (Wildman–Crippen LogP) is 4.41. The summed E-state index contributed by atoms with van der Waals surface area (Å²) >= 11 is 0. The van der Waals surface area contributed by atoms with Crippen LogP contribution in [0.4, 0.5) is 11.4 Å². The number of aliphatic hydroxyl groups excluding tert-OH is 1. The third kappa shape index (κ3) is 4.64. The molecule has 1 heterocycles. The normalized spacial score (nSPS) is 16.5. The number of methoxy groups -OCH3 is 1. The van der Waals surface area contributed by atoms with Crippen LogP contribution >= 0.6 is 0 Å². The first-order valence-electron chi connectivity index (χ1n) is 11.2. The van der Waals surface area contributed by atoms with E-state index in [1.165, 1.54) is 61.7 Å². The minimum atomic E-state index is -1.31. The Labute approximate surface area is 211 Å². The fourth-order valence-corrected chi connectivity index (χ4v) is 4.16. The monoisotopic (exact) mass is 502 g/mol. The Morgan fingerprint density at radius 1 is 1.00 bits per heavy atom. The van der Waals surface area contributed by atoms with Gasteiger partial charge in [-0.3, -0.25) is 24.6 Å². The molecule has 4 rings (SSSR count). The molecule has 0 bridgehead atoms. The van der Waals surface area contributed by atoms with E-state index in [2.05, 4.69) is 0 Å². The van der Waals surface area contributed by atoms with Crippen molar-refractivity contribution in [2.45, 2.75) is 13.0 Å². The first kappa shape index (κ1) is 25.1. The Balaban J connectivity index is 1.91. The topological polar surface area (TPSA) is 136 Å². The highest BCUT2D eigenvalue weighted by Gasteiger charge is 2.48. The molecule has 3 aromatic carbocycles. The Morgan fingerprint density at radius 2 is 1.62 bits per heavy atom. The van der Waals surface area contributed by atoms with Gasteiger partial charge in [-0.15, -0.1) is 0 Å². The Hall–Kier alpha value is -4.99. The summed E-state index contributed by atoms with van der Waals surface area (Å²) in [5.41, 5.74) is 0.0492. The van der Waals surface area contributed by atoms with Crippen LogP contribution in [0.1, 0.15) is 34.5 Å². The van der Waals surface area contributed by atoms with Crippen molar-refractivity contribution >= 4 is 34.8 Å². The molecule has 1 aliphatic heterocycles. The smallest absolute Gasteiger partial charge is 0.338 e. The number of amides is 1. The number of para-hydroxylation sites is 1. The average molecular weight is 502 g/mol. The number of esters is 1. The molecule has 1 aliphatic rings. The van der Waals surface area contributed by atoms with Gasteiger partial charge in [0.25, 0.3) is 17.4 Å². The fourth-order valence-electron chi connectivity index (χ4n) is 4.16. The summed E-state index contributed by atoms with van der Waals surface area (Å²) in [6.07, 6.45) is 0. The lowest BCUT2D eigenvalue weighted by molar-refractivity contribution is -0.385. The summed E-state index contributed by atoms with van der Waals surface area (Å²) in [7, 11) is 1.47. The molecular weight excluding hydrogens is 480 g/mol. The van der Waals surface area contributed by atoms with Crippen molar-refractivity contribution in [2.24, 2.45) is 0 Å². The molecule has 0 saturated carbocycles. The lowest BCUT2D eigenvalue weighted by atomic mass is 9.94. The van der Waals surface area contributed by atoms with E-state index in [0.29, 0.717) is 5.75 Å². The van der Waals surface area contributed by atoms with Crippen LogP contribution in [-0.4, -0.2) is 41.4 Å². The fraction of sp³-hybridized carbons (Fsp3) is 0.148. The quantitative estimate of drug-likeness (QED) is 0.125. The Bertz CT molecular complexity index is 1410. The highest BCUT2D eigenvalue weighted by molar-refractivity contribution is 6.51. The number of nitrogens with zero attached hydrogens (tertiary/aromatic N) is 2. The van der Waals surface area contributed by atoms with E-state index in [1.807, 2.05) is 0 Å². The van der Waals surface area contributed by atoms with Crippen molar-refractivity contribution in [3.05, 3.63) is 105 Å². The number of Topliss-reactive ketones (excluding diaryl/α,β-unsaturated/α-hetero) is 1. The van der Waals surface area contributed by atoms with E-state index < -0.39 is 34.4 Å². The molecule has 1 N–H and O–H groups in total. The lowest BCUT2D eigenvalue weighted by Crippen LogP contribution is -2.29. The Kier molecular flexibility index (Phi) is 7.01. The maximum atomic E-state index is 13.3. The van der Waals surface area contributed by atoms with E-state index in [4.69, 9.17) is 9.47 Å². The number of nitro groups is 1. The molecule has 188 valence electrons. The number of carbonyl (C=O) groups excluding carboxylic acids is 3. The summed E-state index contributed by atoms with van der Waals surface area (Å²) in [5, 5.41) is 23.0. The van der Waals surface area contributed by atoms with E-state index in [0.717, 1.165) is 4.90 Å². The molecule has 1 unspecified atom stereocenters. The molecular formula is C27H22N2O8. The van der Waals surface area contributed by atoms with Gasteiger partial charge in [-0.05, 0) is 61.5 Å². The molecule has 0 aliphatic carbocycles. The number of ether oxygens (including phenoxy) is 2. The summed E-state index contributed by atoms with van der Waals surface area (Å²) in [6, 6.07) is 16.3. The number of hydrogen-bond acceptors (Lipinski definition) is 8. The van der Waals surface area contributed by atoms with Crippen LogP contribution in [0.15, 0.2) is 78.4 Å². The van der Waals surface area contributed by atoms with Crippen molar-refractivity contribution < 1.29 is 33.9 Å². The van der Waals surface area contributed by atoms with E-state index in [-0.39, 0.29) is 40.2 Å². The molecule has 10 nitrogen and oxygen atoms in total. The van der Waals surface area contributed by atoms with Crippen LogP contribution in [0.2, 0.25) is 0 Å². The number of rotatable bonds is 7. The second-order valence-electron chi connectivity index (χ2n) is 7.98. The third-order valence-electron chi connectivity index (χ3n) is 5.89. The predicted molar refractivity (Wildman–Crippen MR) is 133 cm³/mol. The van der Waals surface area contributed by atoms with Gasteiger partial charge >= 0.3 is 5.97 Å². The van der Waals surface area contributed by atoms with Crippen molar-refractivity contribution in [1.29, 1.82) is 0 Å². The summed E-state index contributed by atoms with van der Waals surface area (Å²) in [6.45, 7) is 1.85. The average Bonchev–Trinajstić information content (AvgIpc) is 3.18. The minimum Gasteiger partial charge on any atom is -0.507 e. The standard InChI is InChI=1S/C27H22N2O8/c1-3-37-27(33)17-8-12-18(13-9-17)28-23(20-6-4-5-7-21(20)29(34)35)22(25(31)26(28)32)24(30)16-10-14-19(36-2)15-11-16/h4-15,23,30H,3H2,1-2H3/b24-22+. The number of benzene rings is 3. The van der Waals surface area contributed by atoms with Crippen LogP contribution in [0.3, 0.4) is 0 Å². The number of anilines is 1. The molecule has 1 saturated heterocycles. The second kappa shape index (κ2) is 10.3. The zero-order valence-electron chi connectivity index (χ0n) is 19.9.